The van der Waals surface area contributed by atoms with Crippen molar-refractivity contribution in [3.8, 4) is 0 Å². The van der Waals surface area contributed by atoms with Gasteiger partial charge in [-0.05, 0) is 18.4 Å². The molecular formula is C14H20N2. The third-order valence-corrected chi connectivity index (χ3v) is 3.16. The summed E-state index contributed by atoms with van der Waals surface area (Å²) in [7, 11) is 0. The summed E-state index contributed by atoms with van der Waals surface area (Å²) in [6.07, 6.45) is 4.58. The molecule has 1 aliphatic carbocycles. The first-order valence-electron chi connectivity index (χ1n) is 5.98. The molecule has 0 saturated heterocycles. The second-order valence-electron chi connectivity index (χ2n) is 4.38. The predicted octanol–water partition coefficient (Wildman–Crippen LogP) is 2.34. The summed E-state index contributed by atoms with van der Waals surface area (Å²) >= 11 is 0. The van der Waals surface area contributed by atoms with Gasteiger partial charge in [-0.2, -0.15) is 0 Å². The van der Waals surface area contributed by atoms with Crippen LogP contribution in [0, 0.1) is 0 Å². The number of nitrogens with two attached hydrogens (primary N) is 1. The molecular weight excluding hydrogens is 196 g/mol. The van der Waals surface area contributed by atoms with E-state index in [0.717, 1.165) is 6.54 Å². The molecule has 0 bridgehead atoms. The van der Waals surface area contributed by atoms with Gasteiger partial charge in [0.25, 0.3) is 0 Å². The van der Waals surface area contributed by atoms with Crippen LogP contribution in [0.3, 0.4) is 0 Å². The maximum atomic E-state index is 5.93. The van der Waals surface area contributed by atoms with Crippen molar-refractivity contribution < 1.29 is 0 Å². The Morgan fingerprint density at radius 3 is 2.56 bits per heavy atom. The Hall–Kier alpha value is -1.12. The molecule has 86 valence electrons. The molecule has 1 unspecified atom stereocenters. The SMILES string of the molecule is C=CCN(C1CC1)C(CN)c1ccccc1. The second-order valence-corrected chi connectivity index (χ2v) is 4.38. The number of benzene rings is 1. The van der Waals surface area contributed by atoms with E-state index in [9.17, 15) is 0 Å². The van der Waals surface area contributed by atoms with Crippen LogP contribution in [0.15, 0.2) is 43.0 Å². The monoisotopic (exact) mass is 216 g/mol. The van der Waals surface area contributed by atoms with Gasteiger partial charge in [-0.15, -0.1) is 6.58 Å². The Labute approximate surface area is 97.8 Å². The van der Waals surface area contributed by atoms with E-state index in [4.69, 9.17) is 5.73 Å². The highest BCUT2D eigenvalue weighted by molar-refractivity contribution is 5.20. The van der Waals surface area contributed by atoms with E-state index >= 15 is 0 Å². The Balaban J connectivity index is 2.16. The first kappa shape index (κ1) is 11.4. The molecule has 2 rings (SSSR count). The van der Waals surface area contributed by atoms with E-state index in [2.05, 4.69) is 35.7 Å². The summed E-state index contributed by atoms with van der Waals surface area (Å²) in [5, 5.41) is 0. The fraction of sp³-hybridized carbons (Fsp3) is 0.429. The minimum atomic E-state index is 0.340. The Bertz CT molecular complexity index is 330. The molecule has 0 radical (unpaired) electrons. The average molecular weight is 216 g/mol. The predicted molar refractivity (Wildman–Crippen MR) is 68.2 cm³/mol. The smallest absolute Gasteiger partial charge is 0.0476 e. The van der Waals surface area contributed by atoms with Crippen LogP contribution in [-0.4, -0.2) is 24.0 Å². The van der Waals surface area contributed by atoms with Gasteiger partial charge in [0.1, 0.15) is 0 Å². The zero-order valence-electron chi connectivity index (χ0n) is 9.68. The van der Waals surface area contributed by atoms with Crippen LogP contribution in [0.25, 0.3) is 0 Å². The first-order chi connectivity index (χ1) is 7.86. The summed E-state index contributed by atoms with van der Waals surface area (Å²) in [6, 6.07) is 11.6. The van der Waals surface area contributed by atoms with Crippen LogP contribution in [0.4, 0.5) is 0 Å². The molecule has 1 saturated carbocycles. The molecule has 1 fully saturated rings. The standard InChI is InChI=1S/C14H20N2/c1-2-10-16(13-8-9-13)14(11-15)12-6-4-3-5-7-12/h2-7,13-14H,1,8-11,15H2. The molecule has 1 aromatic carbocycles. The summed E-state index contributed by atoms with van der Waals surface area (Å²) in [5.41, 5.74) is 7.24. The van der Waals surface area contributed by atoms with E-state index in [1.165, 1.54) is 18.4 Å². The van der Waals surface area contributed by atoms with Gasteiger partial charge in [0, 0.05) is 25.2 Å². The molecule has 16 heavy (non-hydrogen) atoms. The summed E-state index contributed by atoms with van der Waals surface area (Å²) in [4.78, 5) is 2.47. The molecule has 0 spiro atoms. The quantitative estimate of drug-likeness (QED) is 0.740. The summed E-state index contributed by atoms with van der Waals surface area (Å²) in [6.45, 7) is 5.45. The van der Waals surface area contributed by atoms with Crippen molar-refractivity contribution in [3.63, 3.8) is 0 Å². The topological polar surface area (TPSA) is 29.3 Å². The number of hydrogen-bond acceptors (Lipinski definition) is 2. The van der Waals surface area contributed by atoms with E-state index in [1.54, 1.807) is 0 Å². The van der Waals surface area contributed by atoms with Crippen LogP contribution in [-0.2, 0) is 0 Å². The fourth-order valence-corrected chi connectivity index (χ4v) is 2.22. The van der Waals surface area contributed by atoms with Crippen molar-refractivity contribution in [1.82, 2.24) is 4.90 Å². The van der Waals surface area contributed by atoms with Crippen LogP contribution >= 0.6 is 0 Å². The number of rotatable bonds is 6. The minimum Gasteiger partial charge on any atom is -0.329 e. The molecule has 1 aromatic rings. The van der Waals surface area contributed by atoms with Gasteiger partial charge >= 0.3 is 0 Å². The van der Waals surface area contributed by atoms with Crippen LogP contribution in [0.5, 0.6) is 0 Å². The molecule has 2 heteroatoms. The van der Waals surface area contributed by atoms with Gasteiger partial charge in [0.15, 0.2) is 0 Å². The molecule has 2 N–H and O–H groups in total. The van der Waals surface area contributed by atoms with E-state index in [0.29, 0.717) is 18.6 Å². The lowest BCUT2D eigenvalue weighted by Gasteiger charge is -2.30. The Morgan fingerprint density at radius 2 is 2.06 bits per heavy atom. The largest absolute Gasteiger partial charge is 0.329 e. The Kier molecular flexibility index (Phi) is 3.75. The molecule has 2 nitrogen and oxygen atoms in total. The minimum absolute atomic E-state index is 0.340. The van der Waals surface area contributed by atoms with Gasteiger partial charge in [-0.1, -0.05) is 36.4 Å². The zero-order valence-corrected chi connectivity index (χ0v) is 9.68. The van der Waals surface area contributed by atoms with Crippen molar-refractivity contribution in [2.24, 2.45) is 5.73 Å². The van der Waals surface area contributed by atoms with Crippen molar-refractivity contribution >= 4 is 0 Å². The summed E-state index contributed by atoms with van der Waals surface area (Å²) in [5.74, 6) is 0. The van der Waals surface area contributed by atoms with Gasteiger partial charge in [0.2, 0.25) is 0 Å². The third-order valence-electron chi connectivity index (χ3n) is 3.16. The highest BCUT2D eigenvalue weighted by Crippen LogP contribution is 2.33. The average Bonchev–Trinajstić information content (AvgIpc) is 3.14. The van der Waals surface area contributed by atoms with Crippen molar-refractivity contribution in [2.45, 2.75) is 24.9 Å². The lowest BCUT2D eigenvalue weighted by atomic mass is 10.1. The zero-order chi connectivity index (χ0) is 11.4. The fourth-order valence-electron chi connectivity index (χ4n) is 2.22. The highest BCUT2D eigenvalue weighted by atomic mass is 15.2. The lowest BCUT2D eigenvalue weighted by molar-refractivity contribution is 0.213. The lowest BCUT2D eigenvalue weighted by Crippen LogP contribution is -2.35. The maximum absolute atomic E-state index is 5.93. The normalized spacial score (nSPS) is 17.4. The summed E-state index contributed by atoms with van der Waals surface area (Å²) < 4.78 is 0. The molecule has 1 atom stereocenters. The van der Waals surface area contributed by atoms with Crippen LogP contribution < -0.4 is 5.73 Å². The highest BCUT2D eigenvalue weighted by Gasteiger charge is 2.33. The first-order valence-corrected chi connectivity index (χ1v) is 5.98. The van der Waals surface area contributed by atoms with Crippen LogP contribution in [0.1, 0.15) is 24.4 Å². The van der Waals surface area contributed by atoms with Gasteiger partial charge in [0.05, 0.1) is 0 Å². The second kappa shape index (κ2) is 5.28. The molecule has 0 amide bonds. The van der Waals surface area contributed by atoms with E-state index in [-0.39, 0.29) is 0 Å². The molecule has 0 aliphatic heterocycles. The maximum Gasteiger partial charge on any atom is 0.0476 e. The van der Waals surface area contributed by atoms with E-state index < -0.39 is 0 Å². The van der Waals surface area contributed by atoms with E-state index in [1.807, 2.05) is 12.1 Å². The number of nitrogens with zero attached hydrogens (tertiary/aromatic N) is 1. The third kappa shape index (κ3) is 2.52. The number of hydrogen-bond donors (Lipinski definition) is 1. The van der Waals surface area contributed by atoms with Crippen molar-refractivity contribution in [2.75, 3.05) is 13.1 Å². The molecule has 0 aromatic heterocycles. The molecule has 0 heterocycles. The van der Waals surface area contributed by atoms with Gasteiger partial charge in [-0.3, -0.25) is 4.90 Å². The van der Waals surface area contributed by atoms with Crippen LogP contribution in [0.2, 0.25) is 0 Å². The van der Waals surface area contributed by atoms with Gasteiger partial charge in [-0.25, -0.2) is 0 Å². The Morgan fingerprint density at radius 1 is 1.38 bits per heavy atom. The van der Waals surface area contributed by atoms with Crippen molar-refractivity contribution in [3.05, 3.63) is 48.6 Å². The molecule has 1 aliphatic rings. The van der Waals surface area contributed by atoms with Gasteiger partial charge < -0.3 is 5.73 Å². The van der Waals surface area contributed by atoms with Crippen molar-refractivity contribution in [1.29, 1.82) is 0 Å².